The zero-order chi connectivity index (χ0) is 20.3. The second-order valence-electron chi connectivity index (χ2n) is 7.10. The minimum Gasteiger partial charge on any atom is -0.507 e. The molecule has 146 valence electrons. The Kier molecular flexibility index (Phi) is 5.80. The zero-order valence-corrected chi connectivity index (χ0v) is 16.2. The molecule has 0 radical (unpaired) electrons. The third kappa shape index (κ3) is 3.92. The van der Waals surface area contributed by atoms with Crippen molar-refractivity contribution >= 4 is 5.91 Å². The zero-order valence-electron chi connectivity index (χ0n) is 16.2. The fourth-order valence-corrected chi connectivity index (χ4v) is 3.23. The third-order valence-electron chi connectivity index (χ3n) is 4.92. The van der Waals surface area contributed by atoms with E-state index in [1.54, 1.807) is 42.3 Å². The molecule has 0 aliphatic heterocycles. The van der Waals surface area contributed by atoms with Gasteiger partial charge in [-0.05, 0) is 41.3 Å². The Labute approximate surface area is 164 Å². The van der Waals surface area contributed by atoms with Crippen LogP contribution in [0.25, 0.3) is 22.5 Å². The molecule has 1 unspecified atom stereocenters. The number of aliphatic hydroxyl groups excluding tert-OH is 1. The number of benzene rings is 2. The van der Waals surface area contributed by atoms with Crippen molar-refractivity contribution in [3.05, 3.63) is 60.3 Å². The average Bonchev–Trinajstić information content (AvgIpc) is 3.22. The Morgan fingerprint density at radius 1 is 1.14 bits per heavy atom. The first-order valence-corrected chi connectivity index (χ1v) is 9.15. The largest absolute Gasteiger partial charge is 0.507 e. The highest BCUT2D eigenvalue weighted by Gasteiger charge is 2.23. The monoisotopic (exact) mass is 380 g/mol. The minimum atomic E-state index is -0.247. The summed E-state index contributed by atoms with van der Waals surface area (Å²) in [6.07, 6.45) is 1.52. The summed E-state index contributed by atoms with van der Waals surface area (Å²) in [6.45, 7) is 3.86. The Morgan fingerprint density at radius 3 is 2.54 bits per heavy atom. The summed E-state index contributed by atoms with van der Waals surface area (Å²) in [4.78, 5) is 14.5. The standard InChI is InChI=1S/C22H24N2O4/c1-14(2)19(13-25)24(3)22(27)17-6-4-5-15(11-17)16-7-8-20(26)18(12-16)21-9-10-23-28-21/h4-12,14,19,25-26H,13H2,1-3H3. The van der Waals surface area contributed by atoms with Crippen LogP contribution in [-0.2, 0) is 0 Å². The molecule has 28 heavy (non-hydrogen) atoms. The van der Waals surface area contributed by atoms with Crippen molar-refractivity contribution in [2.24, 2.45) is 5.92 Å². The van der Waals surface area contributed by atoms with E-state index in [0.717, 1.165) is 11.1 Å². The Bertz CT molecular complexity index is 951. The Hall–Kier alpha value is -3.12. The van der Waals surface area contributed by atoms with Gasteiger partial charge in [-0.1, -0.05) is 37.2 Å². The van der Waals surface area contributed by atoms with E-state index in [0.29, 0.717) is 16.9 Å². The number of aliphatic hydroxyl groups is 1. The van der Waals surface area contributed by atoms with Crippen LogP contribution in [0.4, 0.5) is 0 Å². The topological polar surface area (TPSA) is 86.8 Å². The van der Waals surface area contributed by atoms with E-state index in [2.05, 4.69) is 5.16 Å². The number of nitrogens with zero attached hydrogens (tertiary/aromatic N) is 2. The van der Waals surface area contributed by atoms with Crippen molar-refractivity contribution in [3.63, 3.8) is 0 Å². The van der Waals surface area contributed by atoms with Crippen LogP contribution < -0.4 is 0 Å². The lowest BCUT2D eigenvalue weighted by molar-refractivity contribution is 0.0588. The number of hydrogen-bond acceptors (Lipinski definition) is 5. The van der Waals surface area contributed by atoms with Crippen molar-refractivity contribution in [2.75, 3.05) is 13.7 Å². The molecule has 0 fully saturated rings. The molecule has 1 aromatic heterocycles. The summed E-state index contributed by atoms with van der Waals surface area (Å²) in [6, 6.07) is 13.9. The van der Waals surface area contributed by atoms with E-state index in [4.69, 9.17) is 4.52 Å². The summed E-state index contributed by atoms with van der Waals surface area (Å²) >= 11 is 0. The van der Waals surface area contributed by atoms with Gasteiger partial charge in [0.05, 0.1) is 24.4 Å². The van der Waals surface area contributed by atoms with E-state index in [1.165, 1.54) is 6.20 Å². The number of phenols is 1. The van der Waals surface area contributed by atoms with Gasteiger partial charge >= 0.3 is 0 Å². The number of amides is 1. The number of rotatable bonds is 6. The maximum absolute atomic E-state index is 12.9. The van der Waals surface area contributed by atoms with Crippen molar-refractivity contribution < 1.29 is 19.5 Å². The van der Waals surface area contributed by atoms with E-state index < -0.39 is 0 Å². The van der Waals surface area contributed by atoms with Gasteiger partial charge in [0.15, 0.2) is 5.76 Å². The van der Waals surface area contributed by atoms with Crippen LogP contribution in [-0.4, -0.2) is 45.9 Å². The molecule has 0 aliphatic rings. The number of aromatic nitrogens is 1. The predicted octanol–water partition coefficient (Wildman–Crippen LogP) is 3.80. The molecule has 2 aromatic carbocycles. The fraction of sp³-hybridized carbons (Fsp3) is 0.273. The molecular formula is C22H24N2O4. The minimum absolute atomic E-state index is 0.0852. The van der Waals surface area contributed by atoms with E-state index in [9.17, 15) is 15.0 Å². The quantitative estimate of drug-likeness (QED) is 0.679. The number of aromatic hydroxyl groups is 1. The molecule has 3 aromatic rings. The molecule has 3 rings (SSSR count). The highest BCUT2D eigenvalue weighted by molar-refractivity contribution is 5.95. The van der Waals surface area contributed by atoms with Crippen LogP contribution in [0.15, 0.2) is 59.3 Å². The third-order valence-corrected chi connectivity index (χ3v) is 4.92. The molecule has 1 atom stereocenters. The summed E-state index contributed by atoms with van der Waals surface area (Å²) in [7, 11) is 1.71. The molecule has 6 nitrogen and oxygen atoms in total. The second kappa shape index (κ2) is 8.27. The van der Waals surface area contributed by atoms with Crippen LogP contribution in [0.3, 0.4) is 0 Å². The average molecular weight is 380 g/mol. The highest BCUT2D eigenvalue weighted by Crippen LogP contribution is 2.33. The van der Waals surface area contributed by atoms with E-state index in [-0.39, 0.29) is 30.2 Å². The SMILES string of the molecule is CC(C)C(CO)N(C)C(=O)c1cccc(-c2ccc(O)c(-c3ccno3)c2)c1. The molecule has 0 saturated heterocycles. The second-order valence-corrected chi connectivity index (χ2v) is 7.10. The first-order chi connectivity index (χ1) is 13.4. The fourth-order valence-electron chi connectivity index (χ4n) is 3.23. The smallest absolute Gasteiger partial charge is 0.253 e. The molecular weight excluding hydrogens is 356 g/mol. The highest BCUT2D eigenvalue weighted by atomic mass is 16.5. The summed E-state index contributed by atoms with van der Waals surface area (Å²) in [5, 5.41) is 23.4. The van der Waals surface area contributed by atoms with Crippen molar-refractivity contribution in [1.29, 1.82) is 0 Å². The lowest BCUT2D eigenvalue weighted by Crippen LogP contribution is -2.42. The number of likely N-dealkylation sites (N-methyl/N-ethyl adjacent to an activating group) is 1. The maximum atomic E-state index is 12.9. The van der Waals surface area contributed by atoms with Crippen molar-refractivity contribution in [2.45, 2.75) is 19.9 Å². The van der Waals surface area contributed by atoms with Gasteiger partial charge in [-0.15, -0.1) is 0 Å². The predicted molar refractivity (Wildman–Crippen MR) is 107 cm³/mol. The van der Waals surface area contributed by atoms with Gasteiger partial charge in [-0.25, -0.2) is 0 Å². The van der Waals surface area contributed by atoms with Gasteiger partial charge in [0.25, 0.3) is 5.91 Å². The van der Waals surface area contributed by atoms with E-state index in [1.807, 2.05) is 32.0 Å². The van der Waals surface area contributed by atoms with Gasteiger partial charge < -0.3 is 19.6 Å². The van der Waals surface area contributed by atoms with Crippen LogP contribution >= 0.6 is 0 Å². The molecule has 1 amide bonds. The van der Waals surface area contributed by atoms with Gasteiger partial charge in [-0.2, -0.15) is 0 Å². The summed E-state index contributed by atoms with van der Waals surface area (Å²) in [5.74, 6) is 0.553. The normalized spacial score (nSPS) is 12.2. The van der Waals surface area contributed by atoms with Gasteiger partial charge in [-0.3, -0.25) is 4.79 Å². The number of carbonyl (C=O) groups excluding carboxylic acids is 1. The van der Waals surface area contributed by atoms with E-state index >= 15 is 0 Å². The van der Waals surface area contributed by atoms with Gasteiger partial charge in [0.1, 0.15) is 5.75 Å². The van der Waals surface area contributed by atoms with Crippen LogP contribution in [0.1, 0.15) is 24.2 Å². The van der Waals surface area contributed by atoms with Crippen LogP contribution in [0.5, 0.6) is 5.75 Å². The number of carbonyl (C=O) groups is 1. The van der Waals surface area contributed by atoms with Crippen LogP contribution in [0, 0.1) is 5.92 Å². The molecule has 6 heteroatoms. The number of hydrogen-bond donors (Lipinski definition) is 2. The lowest BCUT2D eigenvalue weighted by atomic mass is 9.98. The summed E-state index contributed by atoms with van der Waals surface area (Å²) in [5.41, 5.74) is 2.74. The summed E-state index contributed by atoms with van der Waals surface area (Å²) < 4.78 is 5.15. The van der Waals surface area contributed by atoms with Crippen molar-refractivity contribution in [3.8, 4) is 28.2 Å². The molecule has 0 spiro atoms. The first kappa shape index (κ1) is 19.6. The Balaban J connectivity index is 1.94. The molecule has 2 N–H and O–H groups in total. The Morgan fingerprint density at radius 2 is 1.89 bits per heavy atom. The number of phenolic OH excluding ortho intramolecular Hbond substituents is 1. The first-order valence-electron chi connectivity index (χ1n) is 9.15. The lowest BCUT2D eigenvalue weighted by Gasteiger charge is -2.29. The van der Waals surface area contributed by atoms with Gasteiger partial charge in [0, 0.05) is 18.7 Å². The van der Waals surface area contributed by atoms with Crippen molar-refractivity contribution in [1.82, 2.24) is 10.1 Å². The molecule has 0 aliphatic carbocycles. The van der Waals surface area contributed by atoms with Crippen LogP contribution in [0.2, 0.25) is 0 Å². The molecule has 0 saturated carbocycles. The molecule has 1 heterocycles. The maximum Gasteiger partial charge on any atom is 0.253 e. The van der Waals surface area contributed by atoms with Gasteiger partial charge in [0.2, 0.25) is 0 Å². The molecule has 0 bridgehead atoms.